The summed E-state index contributed by atoms with van der Waals surface area (Å²) in [5.74, 6) is 0.594. The zero-order valence-corrected chi connectivity index (χ0v) is 9.29. The molecule has 16 heavy (non-hydrogen) atoms. The summed E-state index contributed by atoms with van der Waals surface area (Å²) in [6.07, 6.45) is 2.44. The van der Waals surface area contributed by atoms with Crippen molar-refractivity contribution < 1.29 is 4.79 Å². The van der Waals surface area contributed by atoms with Crippen molar-refractivity contribution in [3.8, 4) is 6.07 Å². The van der Waals surface area contributed by atoms with Gasteiger partial charge in [0.2, 0.25) is 0 Å². The highest BCUT2D eigenvalue weighted by Gasteiger charge is 2.21. The first-order valence-electron chi connectivity index (χ1n) is 5.49. The number of nitriles is 1. The lowest BCUT2D eigenvalue weighted by Crippen LogP contribution is -2.25. The molecule has 3 nitrogen and oxygen atoms in total. The largest absolute Gasteiger partial charge is 0.352 e. The molecule has 1 aromatic rings. The molecule has 1 aliphatic rings. The van der Waals surface area contributed by atoms with Gasteiger partial charge in [-0.15, -0.1) is 0 Å². The topological polar surface area (TPSA) is 52.9 Å². The lowest BCUT2D eigenvalue weighted by Gasteiger charge is -2.05. The van der Waals surface area contributed by atoms with Crippen LogP contribution in [0.5, 0.6) is 0 Å². The predicted molar refractivity (Wildman–Crippen MR) is 61.0 cm³/mol. The minimum absolute atomic E-state index is 0.0768. The molecule has 0 aromatic heterocycles. The van der Waals surface area contributed by atoms with Crippen LogP contribution in [0.15, 0.2) is 18.2 Å². The molecular weight excluding hydrogens is 200 g/mol. The van der Waals surface area contributed by atoms with Crippen molar-refractivity contribution in [3.05, 3.63) is 34.9 Å². The van der Waals surface area contributed by atoms with Gasteiger partial charge in [0.15, 0.2) is 0 Å². The van der Waals surface area contributed by atoms with Crippen molar-refractivity contribution >= 4 is 5.91 Å². The van der Waals surface area contributed by atoms with Crippen molar-refractivity contribution in [2.45, 2.75) is 19.8 Å². The number of hydrogen-bond donors (Lipinski definition) is 1. The van der Waals surface area contributed by atoms with Crippen molar-refractivity contribution in [3.63, 3.8) is 0 Å². The predicted octanol–water partition coefficient (Wildman–Crippen LogP) is 2.01. The third-order valence-corrected chi connectivity index (χ3v) is 2.72. The van der Waals surface area contributed by atoms with E-state index in [1.165, 1.54) is 12.8 Å². The van der Waals surface area contributed by atoms with E-state index in [9.17, 15) is 4.79 Å². The van der Waals surface area contributed by atoms with Crippen LogP contribution in [0.4, 0.5) is 0 Å². The molecule has 1 N–H and O–H groups in total. The summed E-state index contributed by atoms with van der Waals surface area (Å²) in [6.45, 7) is 2.65. The van der Waals surface area contributed by atoms with Gasteiger partial charge in [-0.05, 0) is 49.4 Å². The van der Waals surface area contributed by atoms with Crippen LogP contribution in [0.25, 0.3) is 0 Å². The molecule has 0 saturated heterocycles. The first-order valence-corrected chi connectivity index (χ1v) is 5.49. The van der Waals surface area contributed by atoms with Crippen molar-refractivity contribution in [1.82, 2.24) is 5.32 Å². The maximum Gasteiger partial charge on any atom is 0.251 e. The number of carbonyl (C=O) groups excluding carboxylic acids is 1. The maximum absolute atomic E-state index is 11.8. The molecular formula is C13H14N2O. The molecule has 0 spiro atoms. The Labute approximate surface area is 95.1 Å². The molecule has 82 valence electrons. The van der Waals surface area contributed by atoms with E-state index < -0.39 is 0 Å². The molecule has 3 heteroatoms. The van der Waals surface area contributed by atoms with E-state index >= 15 is 0 Å². The molecule has 1 amide bonds. The van der Waals surface area contributed by atoms with E-state index in [0.717, 1.165) is 12.1 Å². The lowest BCUT2D eigenvalue weighted by atomic mass is 10.1. The highest BCUT2D eigenvalue weighted by molar-refractivity contribution is 5.94. The summed E-state index contributed by atoms with van der Waals surface area (Å²) < 4.78 is 0. The fraction of sp³-hybridized carbons (Fsp3) is 0.385. The van der Waals surface area contributed by atoms with Crippen LogP contribution >= 0.6 is 0 Å². The van der Waals surface area contributed by atoms with E-state index in [2.05, 4.69) is 11.4 Å². The molecule has 0 aliphatic heterocycles. The third kappa shape index (κ3) is 2.60. The summed E-state index contributed by atoms with van der Waals surface area (Å²) in [4.78, 5) is 11.8. The number of carbonyl (C=O) groups is 1. The van der Waals surface area contributed by atoms with Crippen LogP contribution in [-0.4, -0.2) is 12.5 Å². The van der Waals surface area contributed by atoms with E-state index in [4.69, 9.17) is 5.26 Å². The van der Waals surface area contributed by atoms with Gasteiger partial charge in [-0.3, -0.25) is 4.79 Å². The highest BCUT2D eigenvalue weighted by Crippen LogP contribution is 2.27. The van der Waals surface area contributed by atoms with Crippen molar-refractivity contribution in [2.24, 2.45) is 5.92 Å². The Balaban J connectivity index is 2.09. The minimum Gasteiger partial charge on any atom is -0.352 e. The Morgan fingerprint density at radius 1 is 1.50 bits per heavy atom. The molecule has 1 aromatic carbocycles. The van der Waals surface area contributed by atoms with Gasteiger partial charge in [-0.2, -0.15) is 5.26 Å². The van der Waals surface area contributed by atoms with E-state index in [1.54, 1.807) is 12.1 Å². The third-order valence-electron chi connectivity index (χ3n) is 2.72. The summed E-state index contributed by atoms with van der Waals surface area (Å²) in [6, 6.07) is 7.28. The molecule has 1 aliphatic carbocycles. The monoisotopic (exact) mass is 214 g/mol. The normalized spacial score (nSPS) is 14.2. The highest BCUT2D eigenvalue weighted by atomic mass is 16.1. The van der Waals surface area contributed by atoms with Gasteiger partial charge in [0, 0.05) is 12.1 Å². The molecule has 0 heterocycles. The molecule has 1 saturated carbocycles. The Morgan fingerprint density at radius 3 is 2.88 bits per heavy atom. The summed E-state index contributed by atoms with van der Waals surface area (Å²) in [5, 5.41) is 11.7. The van der Waals surface area contributed by atoms with Gasteiger partial charge >= 0.3 is 0 Å². The van der Waals surface area contributed by atoms with Crippen LogP contribution in [0.2, 0.25) is 0 Å². The number of rotatable bonds is 3. The van der Waals surface area contributed by atoms with Crippen LogP contribution in [-0.2, 0) is 0 Å². The quantitative estimate of drug-likeness (QED) is 0.836. The SMILES string of the molecule is Cc1cc(C#N)cc(C(=O)NCC2CC2)c1. The maximum atomic E-state index is 11.8. The molecule has 1 fully saturated rings. The van der Waals surface area contributed by atoms with Gasteiger partial charge in [-0.25, -0.2) is 0 Å². The van der Waals surface area contributed by atoms with Crippen molar-refractivity contribution in [1.29, 1.82) is 5.26 Å². The van der Waals surface area contributed by atoms with Crippen LogP contribution in [0, 0.1) is 24.2 Å². The van der Waals surface area contributed by atoms with Gasteiger partial charge < -0.3 is 5.32 Å². The van der Waals surface area contributed by atoms with Gasteiger partial charge in [-0.1, -0.05) is 0 Å². The molecule has 0 unspecified atom stereocenters. The Bertz CT molecular complexity index is 455. The van der Waals surface area contributed by atoms with E-state index in [0.29, 0.717) is 17.0 Å². The van der Waals surface area contributed by atoms with Crippen molar-refractivity contribution in [2.75, 3.05) is 6.54 Å². The molecule has 0 radical (unpaired) electrons. The van der Waals surface area contributed by atoms with Gasteiger partial charge in [0.25, 0.3) is 5.91 Å². The van der Waals surface area contributed by atoms with E-state index in [-0.39, 0.29) is 5.91 Å². The second-order valence-corrected chi connectivity index (χ2v) is 4.35. The first-order chi connectivity index (χ1) is 7.69. The average Bonchev–Trinajstić information content (AvgIpc) is 3.08. The van der Waals surface area contributed by atoms with E-state index in [1.807, 2.05) is 13.0 Å². The second-order valence-electron chi connectivity index (χ2n) is 4.35. The second kappa shape index (κ2) is 4.36. The Hall–Kier alpha value is -1.82. The van der Waals surface area contributed by atoms with Crippen LogP contribution in [0.3, 0.4) is 0 Å². The van der Waals surface area contributed by atoms with Crippen LogP contribution in [0.1, 0.15) is 34.3 Å². The fourth-order valence-corrected chi connectivity index (χ4v) is 1.64. The molecule has 2 rings (SSSR count). The van der Waals surface area contributed by atoms with Crippen LogP contribution < -0.4 is 5.32 Å². The number of hydrogen-bond acceptors (Lipinski definition) is 2. The Kier molecular flexibility index (Phi) is 2.91. The molecule has 0 bridgehead atoms. The number of nitrogens with zero attached hydrogens (tertiary/aromatic N) is 1. The zero-order chi connectivity index (χ0) is 11.5. The first kappa shape index (κ1) is 10.7. The number of aryl methyl sites for hydroxylation is 1. The Morgan fingerprint density at radius 2 is 2.25 bits per heavy atom. The fourth-order valence-electron chi connectivity index (χ4n) is 1.64. The number of nitrogens with one attached hydrogen (secondary N) is 1. The summed E-state index contributed by atoms with van der Waals surface area (Å²) in [5.41, 5.74) is 2.06. The van der Waals surface area contributed by atoms with Gasteiger partial charge in [0.1, 0.15) is 0 Å². The standard InChI is InChI=1S/C13H14N2O/c1-9-4-11(7-14)6-12(5-9)13(16)15-8-10-2-3-10/h4-6,10H,2-3,8H2,1H3,(H,15,16). The average molecular weight is 214 g/mol. The minimum atomic E-state index is -0.0768. The van der Waals surface area contributed by atoms with Gasteiger partial charge in [0.05, 0.1) is 11.6 Å². The smallest absolute Gasteiger partial charge is 0.251 e. The zero-order valence-electron chi connectivity index (χ0n) is 9.29. The lowest BCUT2D eigenvalue weighted by molar-refractivity contribution is 0.0951. The summed E-state index contributed by atoms with van der Waals surface area (Å²) in [7, 11) is 0. The molecule has 0 atom stereocenters. The number of benzene rings is 1. The number of amides is 1. The summed E-state index contributed by atoms with van der Waals surface area (Å²) >= 11 is 0.